The molecular formula is C16H21N5. The highest BCUT2D eigenvalue weighted by Crippen LogP contribution is 2.33. The Morgan fingerprint density at radius 2 is 2.10 bits per heavy atom. The number of rotatable bonds is 4. The highest BCUT2D eigenvalue weighted by atomic mass is 15.2. The van der Waals surface area contributed by atoms with Gasteiger partial charge in [0.25, 0.3) is 0 Å². The van der Waals surface area contributed by atoms with Crippen LogP contribution >= 0.6 is 0 Å². The molecule has 2 N–H and O–H groups in total. The van der Waals surface area contributed by atoms with Crippen LogP contribution in [0, 0.1) is 0 Å². The van der Waals surface area contributed by atoms with Gasteiger partial charge in [-0.2, -0.15) is 5.10 Å². The first-order chi connectivity index (χ1) is 10.4. The Labute approximate surface area is 124 Å². The van der Waals surface area contributed by atoms with E-state index >= 15 is 0 Å². The monoisotopic (exact) mass is 283 g/mol. The minimum absolute atomic E-state index is 0.628. The standard InChI is InChI=1S/C16H21N5/c1-2-5-11(4-1)13-8-9-17-16(19-13)18-10-15-12-6-3-7-14(12)20-21-15/h8-9,11H,1-7,10H2,(H,20,21)(H,17,18,19). The summed E-state index contributed by atoms with van der Waals surface area (Å²) in [5.41, 5.74) is 5.02. The van der Waals surface area contributed by atoms with Crippen LogP contribution in [-0.4, -0.2) is 20.2 Å². The molecule has 0 amide bonds. The molecule has 0 saturated heterocycles. The zero-order valence-corrected chi connectivity index (χ0v) is 12.2. The molecule has 2 aromatic rings. The third-order valence-corrected chi connectivity index (χ3v) is 4.76. The predicted molar refractivity (Wildman–Crippen MR) is 81.2 cm³/mol. The minimum atomic E-state index is 0.628. The molecule has 1 saturated carbocycles. The first-order valence-corrected chi connectivity index (χ1v) is 8.02. The van der Waals surface area contributed by atoms with E-state index in [1.165, 1.54) is 49.1 Å². The van der Waals surface area contributed by atoms with E-state index in [0.29, 0.717) is 12.5 Å². The van der Waals surface area contributed by atoms with Crippen LogP contribution in [0.2, 0.25) is 0 Å². The van der Waals surface area contributed by atoms with Crippen LogP contribution in [0.5, 0.6) is 0 Å². The van der Waals surface area contributed by atoms with Gasteiger partial charge < -0.3 is 5.32 Å². The molecule has 0 unspecified atom stereocenters. The fourth-order valence-electron chi connectivity index (χ4n) is 3.60. The summed E-state index contributed by atoms with van der Waals surface area (Å²) in [6, 6.07) is 2.06. The van der Waals surface area contributed by atoms with Crippen LogP contribution in [0.25, 0.3) is 0 Å². The number of fused-ring (bicyclic) bond motifs is 1. The molecule has 4 rings (SSSR count). The van der Waals surface area contributed by atoms with Crippen LogP contribution in [0.15, 0.2) is 12.3 Å². The van der Waals surface area contributed by atoms with E-state index in [9.17, 15) is 0 Å². The van der Waals surface area contributed by atoms with Crippen molar-refractivity contribution < 1.29 is 0 Å². The molecule has 0 bridgehead atoms. The second kappa shape index (κ2) is 5.47. The summed E-state index contributed by atoms with van der Waals surface area (Å²) in [7, 11) is 0. The predicted octanol–water partition coefficient (Wildman–Crippen LogP) is 2.96. The number of hydrogen-bond acceptors (Lipinski definition) is 4. The Hall–Kier alpha value is -1.91. The summed E-state index contributed by atoms with van der Waals surface area (Å²) in [6.07, 6.45) is 10.6. The number of H-pyrrole nitrogens is 1. The van der Waals surface area contributed by atoms with Gasteiger partial charge in [0.15, 0.2) is 0 Å². The van der Waals surface area contributed by atoms with E-state index in [2.05, 4.69) is 31.5 Å². The average molecular weight is 283 g/mol. The largest absolute Gasteiger partial charge is 0.348 e. The molecule has 2 aliphatic rings. The van der Waals surface area contributed by atoms with E-state index in [-0.39, 0.29) is 0 Å². The zero-order chi connectivity index (χ0) is 14.1. The molecule has 5 nitrogen and oxygen atoms in total. The average Bonchev–Trinajstić information content (AvgIpc) is 3.23. The number of hydrogen-bond donors (Lipinski definition) is 2. The fraction of sp³-hybridized carbons (Fsp3) is 0.562. The molecule has 2 heterocycles. The number of aromatic nitrogens is 4. The van der Waals surface area contributed by atoms with Gasteiger partial charge >= 0.3 is 0 Å². The smallest absolute Gasteiger partial charge is 0.223 e. The molecule has 0 spiro atoms. The number of aryl methyl sites for hydroxylation is 1. The van der Waals surface area contributed by atoms with Gasteiger partial charge in [-0.3, -0.25) is 5.10 Å². The van der Waals surface area contributed by atoms with Gasteiger partial charge in [0, 0.05) is 23.5 Å². The van der Waals surface area contributed by atoms with E-state index in [0.717, 1.165) is 24.5 Å². The number of nitrogens with zero attached hydrogens (tertiary/aromatic N) is 3. The molecule has 110 valence electrons. The summed E-state index contributed by atoms with van der Waals surface area (Å²) in [6.45, 7) is 0.708. The highest BCUT2D eigenvalue weighted by molar-refractivity contribution is 5.33. The maximum Gasteiger partial charge on any atom is 0.223 e. The fourth-order valence-corrected chi connectivity index (χ4v) is 3.60. The van der Waals surface area contributed by atoms with Gasteiger partial charge in [0.05, 0.1) is 12.2 Å². The molecule has 0 radical (unpaired) electrons. The van der Waals surface area contributed by atoms with Crippen molar-refractivity contribution in [2.45, 2.75) is 57.4 Å². The van der Waals surface area contributed by atoms with Crippen LogP contribution in [0.1, 0.15) is 60.7 Å². The van der Waals surface area contributed by atoms with Crippen LogP contribution < -0.4 is 5.32 Å². The number of aromatic amines is 1. The lowest BCUT2D eigenvalue weighted by atomic mass is 10.0. The number of anilines is 1. The van der Waals surface area contributed by atoms with Crippen molar-refractivity contribution in [3.8, 4) is 0 Å². The van der Waals surface area contributed by atoms with Crippen LogP contribution in [-0.2, 0) is 19.4 Å². The maximum absolute atomic E-state index is 4.69. The van der Waals surface area contributed by atoms with E-state index in [1.807, 2.05) is 6.20 Å². The van der Waals surface area contributed by atoms with E-state index < -0.39 is 0 Å². The highest BCUT2D eigenvalue weighted by Gasteiger charge is 2.20. The van der Waals surface area contributed by atoms with Gasteiger partial charge in [0.1, 0.15) is 0 Å². The van der Waals surface area contributed by atoms with Gasteiger partial charge in [-0.1, -0.05) is 12.8 Å². The Balaban J connectivity index is 1.45. The van der Waals surface area contributed by atoms with Gasteiger partial charge in [0.2, 0.25) is 5.95 Å². The first-order valence-electron chi connectivity index (χ1n) is 8.02. The first kappa shape index (κ1) is 12.8. The quantitative estimate of drug-likeness (QED) is 0.905. The summed E-state index contributed by atoms with van der Waals surface area (Å²) >= 11 is 0. The lowest BCUT2D eigenvalue weighted by Gasteiger charge is -2.10. The summed E-state index contributed by atoms with van der Waals surface area (Å²) in [4.78, 5) is 9.03. The SMILES string of the molecule is c1cc(C2CCCC2)nc(NCc2n[nH]c3c2CCC3)n1. The molecule has 0 aliphatic heterocycles. The Bertz CT molecular complexity index is 627. The molecule has 0 aromatic carbocycles. The minimum Gasteiger partial charge on any atom is -0.348 e. The summed E-state index contributed by atoms with van der Waals surface area (Å²) < 4.78 is 0. The van der Waals surface area contributed by atoms with Gasteiger partial charge in [-0.25, -0.2) is 9.97 Å². The Morgan fingerprint density at radius 1 is 1.19 bits per heavy atom. The lowest BCUT2D eigenvalue weighted by Crippen LogP contribution is -2.07. The molecule has 2 aromatic heterocycles. The van der Waals surface area contributed by atoms with E-state index in [1.54, 1.807) is 0 Å². The second-order valence-corrected chi connectivity index (χ2v) is 6.12. The molecular weight excluding hydrogens is 262 g/mol. The van der Waals surface area contributed by atoms with Crippen molar-refractivity contribution in [2.24, 2.45) is 0 Å². The molecule has 2 aliphatic carbocycles. The topological polar surface area (TPSA) is 66.5 Å². The molecule has 5 heteroatoms. The molecule has 1 fully saturated rings. The van der Waals surface area contributed by atoms with Crippen LogP contribution in [0.3, 0.4) is 0 Å². The second-order valence-electron chi connectivity index (χ2n) is 6.12. The van der Waals surface area contributed by atoms with Crippen molar-refractivity contribution in [1.29, 1.82) is 0 Å². The van der Waals surface area contributed by atoms with Crippen molar-refractivity contribution in [3.63, 3.8) is 0 Å². The normalized spacial score (nSPS) is 18.1. The molecule has 0 atom stereocenters. The van der Waals surface area contributed by atoms with Crippen molar-refractivity contribution in [1.82, 2.24) is 20.2 Å². The maximum atomic E-state index is 4.69. The Kier molecular flexibility index (Phi) is 3.33. The lowest BCUT2D eigenvalue weighted by molar-refractivity contribution is 0.694. The summed E-state index contributed by atoms with van der Waals surface area (Å²) in [5.74, 6) is 1.36. The number of nitrogens with one attached hydrogen (secondary N) is 2. The van der Waals surface area contributed by atoms with Crippen molar-refractivity contribution in [3.05, 3.63) is 34.9 Å². The van der Waals surface area contributed by atoms with Crippen molar-refractivity contribution in [2.75, 3.05) is 5.32 Å². The molecule has 21 heavy (non-hydrogen) atoms. The van der Waals surface area contributed by atoms with Gasteiger partial charge in [-0.15, -0.1) is 0 Å². The van der Waals surface area contributed by atoms with Crippen LogP contribution in [0.4, 0.5) is 5.95 Å². The third kappa shape index (κ3) is 2.52. The summed E-state index contributed by atoms with van der Waals surface area (Å²) in [5, 5.41) is 10.9. The zero-order valence-electron chi connectivity index (χ0n) is 12.2. The van der Waals surface area contributed by atoms with Gasteiger partial charge in [-0.05, 0) is 43.7 Å². The third-order valence-electron chi connectivity index (χ3n) is 4.76. The Morgan fingerprint density at radius 3 is 3.00 bits per heavy atom. The van der Waals surface area contributed by atoms with Crippen molar-refractivity contribution >= 4 is 5.95 Å². The van der Waals surface area contributed by atoms with E-state index in [4.69, 9.17) is 0 Å².